The Kier molecular flexibility index (Phi) is 5.51. The van der Waals surface area contributed by atoms with Gasteiger partial charge in [-0.3, -0.25) is 9.48 Å². The SMILES string of the molecule is Cn1cc(-c2ccc(-n3nc(C(=O)Nc4ccc(S(N)(=O)=O)cc4)cc3-c3ccco3)cc2)nn1. The molecule has 0 spiro atoms. The molecule has 0 aliphatic carbocycles. The Labute approximate surface area is 199 Å². The van der Waals surface area contributed by atoms with Gasteiger partial charge in [0.25, 0.3) is 5.91 Å². The molecule has 0 radical (unpaired) electrons. The van der Waals surface area contributed by atoms with E-state index in [9.17, 15) is 13.2 Å². The minimum Gasteiger partial charge on any atom is -0.463 e. The molecule has 0 unspecified atom stereocenters. The molecular weight excluding hydrogens is 470 g/mol. The number of carbonyl (C=O) groups excluding carboxylic acids is 1. The van der Waals surface area contributed by atoms with Gasteiger partial charge in [-0.1, -0.05) is 17.3 Å². The zero-order valence-electron chi connectivity index (χ0n) is 18.4. The van der Waals surface area contributed by atoms with Gasteiger partial charge in [0.05, 0.1) is 23.0 Å². The first-order valence-electron chi connectivity index (χ1n) is 10.3. The molecule has 35 heavy (non-hydrogen) atoms. The number of nitrogens with one attached hydrogen (secondary N) is 1. The number of aromatic nitrogens is 5. The first kappa shape index (κ1) is 22.3. The Morgan fingerprint density at radius 3 is 2.40 bits per heavy atom. The highest BCUT2D eigenvalue weighted by atomic mass is 32.2. The van der Waals surface area contributed by atoms with Crippen LogP contribution in [0.1, 0.15) is 10.5 Å². The lowest BCUT2D eigenvalue weighted by molar-refractivity contribution is 0.102. The summed E-state index contributed by atoms with van der Waals surface area (Å²) in [6.07, 6.45) is 3.35. The van der Waals surface area contributed by atoms with Crippen molar-refractivity contribution in [1.82, 2.24) is 24.8 Å². The monoisotopic (exact) mass is 489 g/mol. The number of aryl methyl sites for hydroxylation is 1. The second-order valence-electron chi connectivity index (χ2n) is 7.65. The molecule has 5 aromatic rings. The van der Waals surface area contributed by atoms with Crippen LogP contribution in [0, 0.1) is 0 Å². The van der Waals surface area contributed by atoms with Gasteiger partial charge in [-0.15, -0.1) is 5.10 Å². The minimum absolute atomic E-state index is 0.0511. The Hall–Kier alpha value is -4.55. The van der Waals surface area contributed by atoms with E-state index in [1.807, 2.05) is 30.5 Å². The average Bonchev–Trinajstić information content (AvgIpc) is 3.59. The number of primary sulfonamides is 1. The van der Waals surface area contributed by atoms with Crippen molar-refractivity contribution in [2.45, 2.75) is 4.90 Å². The van der Waals surface area contributed by atoms with Gasteiger partial charge in [0, 0.05) is 24.4 Å². The fourth-order valence-corrected chi connectivity index (χ4v) is 3.98. The molecule has 0 saturated carbocycles. The Balaban J connectivity index is 1.46. The quantitative estimate of drug-likeness (QED) is 0.372. The molecule has 12 heteroatoms. The van der Waals surface area contributed by atoms with Crippen LogP contribution < -0.4 is 10.5 Å². The average molecular weight is 490 g/mol. The normalized spacial score (nSPS) is 11.5. The standard InChI is InChI=1S/C23H19N7O4S/c1-29-14-20(26-28-29)15-4-8-17(9-5-15)30-21(22-3-2-12-34-22)13-19(27-30)23(31)25-16-6-10-18(11-7-16)35(24,32)33/h2-14H,1H3,(H,25,31)(H2,24,32,33). The molecule has 0 bridgehead atoms. The van der Waals surface area contributed by atoms with E-state index in [1.54, 1.807) is 34.6 Å². The van der Waals surface area contributed by atoms with Gasteiger partial charge < -0.3 is 9.73 Å². The maximum absolute atomic E-state index is 12.9. The second kappa shape index (κ2) is 8.66. The summed E-state index contributed by atoms with van der Waals surface area (Å²) in [7, 11) is -2.03. The number of sulfonamides is 1. The minimum atomic E-state index is -3.83. The number of hydrogen-bond acceptors (Lipinski definition) is 7. The molecule has 2 aromatic carbocycles. The molecule has 0 atom stereocenters. The molecule has 5 rings (SSSR count). The van der Waals surface area contributed by atoms with E-state index in [0.29, 0.717) is 22.8 Å². The van der Waals surface area contributed by atoms with Gasteiger partial charge in [-0.2, -0.15) is 5.10 Å². The van der Waals surface area contributed by atoms with E-state index < -0.39 is 15.9 Å². The third-order valence-corrected chi connectivity index (χ3v) is 6.10. The van der Waals surface area contributed by atoms with E-state index >= 15 is 0 Å². The predicted molar refractivity (Wildman–Crippen MR) is 127 cm³/mol. The van der Waals surface area contributed by atoms with Crippen LogP contribution in [0.2, 0.25) is 0 Å². The molecule has 0 aliphatic heterocycles. The highest BCUT2D eigenvalue weighted by molar-refractivity contribution is 7.89. The van der Waals surface area contributed by atoms with Crippen molar-refractivity contribution in [3.05, 3.63) is 84.9 Å². The fraction of sp³-hybridized carbons (Fsp3) is 0.0435. The molecule has 1 amide bonds. The molecular formula is C23H19N7O4S. The van der Waals surface area contributed by atoms with Crippen LogP contribution in [0.4, 0.5) is 5.69 Å². The van der Waals surface area contributed by atoms with Gasteiger partial charge in [0.1, 0.15) is 11.4 Å². The van der Waals surface area contributed by atoms with Crippen LogP contribution >= 0.6 is 0 Å². The highest BCUT2D eigenvalue weighted by Gasteiger charge is 2.19. The van der Waals surface area contributed by atoms with Gasteiger partial charge in [-0.25, -0.2) is 18.2 Å². The Bertz CT molecular complexity index is 1600. The molecule has 11 nitrogen and oxygen atoms in total. The zero-order valence-corrected chi connectivity index (χ0v) is 19.2. The smallest absolute Gasteiger partial charge is 0.276 e. The number of hydrogen-bond donors (Lipinski definition) is 2. The maximum Gasteiger partial charge on any atom is 0.276 e. The summed E-state index contributed by atoms with van der Waals surface area (Å²) < 4.78 is 31.7. The topological polar surface area (TPSA) is 151 Å². The van der Waals surface area contributed by atoms with E-state index in [0.717, 1.165) is 11.3 Å². The summed E-state index contributed by atoms with van der Waals surface area (Å²) in [6.45, 7) is 0. The first-order chi connectivity index (χ1) is 16.8. The van der Waals surface area contributed by atoms with E-state index in [1.165, 1.54) is 30.5 Å². The van der Waals surface area contributed by atoms with Crippen molar-refractivity contribution >= 4 is 21.6 Å². The van der Waals surface area contributed by atoms with Crippen molar-refractivity contribution in [3.8, 4) is 28.4 Å². The van der Waals surface area contributed by atoms with Gasteiger partial charge in [0.2, 0.25) is 10.0 Å². The lowest BCUT2D eigenvalue weighted by Gasteiger charge is -2.06. The summed E-state index contributed by atoms with van der Waals surface area (Å²) in [5.74, 6) is 0.0585. The van der Waals surface area contributed by atoms with Crippen molar-refractivity contribution in [2.75, 3.05) is 5.32 Å². The van der Waals surface area contributed by atoms with Crippen LogP contribution in [-0.4, -0.2) is 39.1 Å². The van der Waals surface area contributed by atoms with Crippen molar-refractivity contribution in [1.29, 1.82) is 0 Å². The van der Waals surface area contributed by atoms with Crippen LogP contribution in [0.5, 0.6) is 0 Å². The summed E-state index contributed by atoms with van der Waals surface area (Å²) in [4.78, 5) is 12.9. The van der Waals surface area contributed by atoms with E-state index in [-0.39, 0.29) is 10.6 Å². The number of amides is 1. The largest absolute Gasteiger partial charge is 0.463 e. The third kappa shape index (κ3) is 4.60. The Morgan fingerprint density at radius 1 is 1.06 bits per heavy atom. The number of carbonyl (C=O) groups is 1. The molecule has 0 aliphatic rings. The summed E-state index contributed by atoms with van der Waals surface area (Å²) in [6, 6.07) is 18.2. The number of nitrogens with zero attached hydrogens (tertiary/aromatic N) is 5. The van der Waals surface area contributed by atoms with Gasteiger partial charge in [-0.05, 0) is 48.5 Å². The van der Waals surface area contributed by atoms with Crippen molar-refractivity contribution in [2.24, 2.45) is 12.2 Å². The third-order valence-electron chi connectivity index (χ3n) is 5.17. The lowest BCUT2D eigenvalue weighted by atomic mass is 10.1. The lowest BCUT2D eigenvalue weighted by Crippen LogP contribution is -2.14. The fourth-order valence-electron chi connectivity index (χ4n) is 3.46. The molecule has 3 N–H and O–H groups in total. The number of anilines is 1. The number of benzene rings is 2. The Morgan fingerprint density at radius 2 is 1.80 bits per heavy atom. The van der Waals surface area contributed by atoms with Crippen molar-refractivity contribution in [3.63, 3.8) is 0 Å². The maximum atomic E-state index is 12.9. The zero-order chi connectivity index (χ0) is 24.6. The number of nitrogens with two attached hydrogens (primary N) is 1. The van der Waals surface area contributed by atoms with Crippen LogP contribution in [0.15, 0.2) is 88.5 Å². The molecule has 0 saturated heterocycles. The molecule has 176 valence electrons. The molecule has 3 heterocycles. The summed E-state index contributed by atoms with van der Waals surface area (Å²) in [5.41, 5.74) is 3.45. The highest BCUT2D eigenvalue weighted by Crippen LogP contribution is 2.26. The van der Waals surface area contributed by atoms with E-state index in [4.69, 9.17) is 9.56 Å². The van der Waals surface area contributed by atoms with Crippen LogP contribution in [-0.2, 0) is 17.1 Å². The number of furan rings is 1. The van der Waals surface area contributed by atoms with E-state index in [2.05, 4.69) is 20.7 Å². The molecule has 0 fully saturated rings. The first-order valence-corrected chi connectivity index (χ1v) is 11.9. The second-order valence-corrected chi connectivity index (χ2v) is 9.21. The predicted octanol–water partition coefficient (Wildman–Crippen LogP) is 2.83. The molecule has 3 aromatic heterocycles. The van der Waals surface area contributed by atoms with Crippen LogP contribution in [0.3, 0.4) is 0 Å². The number of rotatable bonds is 6. The van der Waals surface area contributed by atoms with Crippen LogP contribution in [0.25, 0.3) is 28.4 Å². The van der Waals surface area contributed by atoms with Gasteiger partial charge >= 0.3 is 0 Å². The summed E-state index contributed by atoms with van der Waals surface area (Å²) >= 11 is 0. The van der Waals surface area contributed by atoms with Gasteiger partial charge in [0.15, 0.2) is 11.5 Å². The summed E-state index contributed by atoms with van der Waals surface area (Å²) in [5, 5.41) is 20.4. The van der Waals surface area contributed by atoms with Crippen molar-refractivity contribution < 1.29 is 17.6 Å².